The Kier molecular flexibility index (Phi) is 9.64. The summed E-state index contributed by atoms with van der Waals surface area (Å²) in [4.78, 5) is 38.6. The second kappa shape index (κ2) is 13.3. The van der Waals surface area contributed by atoms with Crippen molar-refractivity contribution in [1.29, 1.82) is 0 Å². The minimum Gasteiger partial charge on any atom is -0.497 e. The number of benzene rings is 3. The number of nitrogens with zero attached hydrogens (tertiary/aromatic N) is 1. The number of hydrazine groups is 1. The number of amides is 3. The van der Waals surface area contributed by atoms with E-state index in [0.29, 0.717) is 33.3 Å². The van der Waals surface area contributed by atoms with Crippen molar-refractivity contribution in [3.05, 3.63) is 88.3 Å². The maximum atomic E-state index is 13.0. The van der Waals surface area contributed by atoms with Crippen molar-refractivity contribution < 1.29 is 28.6 Å². The first kappa shape index (κ1) is 29.6. The number of rotatable bonds is 10. The fraction of sp³-hybridized carbons (Fsp3) is 0.200. The maximum Gasteiger partial charge on any atom is 0.285 e. The number of anilines is 1. The molecule has 4 rings (SSSR count). The third kappa shape index (κ3) is 7.24. The number of carbonyl (C=O) groups is 3. The largest absolute Gasteiger partial charge is 0.497 e. The van der Waals surface area contributed by atoms with E-state index < -0.39 is 11.8 Å². The monoisotopic (exact) mass is 591 g/mol. The molecule has 11 heteroatoms. The molecular formula is C30H29N3O6S2. The van der Waals surface area contributed by atoms with Crippen LogP contribution in [-0.4, -0.2) is 47.9 Å². The van der Waals surface area contributed by atoms with Crippen molar-refractivity contribution in [2.45, 2.75) is 19.8 Å². The average molecular weight is 592 g/mol. The van der Waals surface area contributed by atoms with E-state index in [1.54, 1.807) is 48.5 Å². The van der Waals surface area contributed by atoms with Crippen LogP contribution < -0.4 is 25.0 Å². The smallest absolute Gasteiger partial charge is 0.285 e. The summed E-state index contributed by atoms with van der Waals surface area (Å²) >= 11 is 6.39. The third-order valence-corrected chi connectivity index (χ3v) is 7.36. The van der Waals surface area contributed by atoms with E-state index in [2.05, 4.69) is 24.6 Å². The van der Waals surface area contributed by atoms with Gasteiger partial charge in [-0.3, -0.25) is 19.8 Å². The molecule has 1 heterocycles. The highest BCUT2D eigenvalue weighted by atomic mass is 32.2. The van der Waals surface area contributed by atoms with Crippen molar-refractivity contribution in [2.24, 2.45) is 0 Å². The van der Waals surface area contributed by atoms with E-state index in [1.165, 1.54) is 14.2 Å². The van der Waals surface area contributed by atoms with Crippen molar-refractivity contribution in [3.63, 3.8) is 0 Å². The fourth-order valence-electron chi connectivity index (χ4n) is 3.96. The zero-order valence-electron chi connectivity index (χ0n) is 22.9. The molecule has 3 aromatic carbocycles. The van der Waals surface area contributed by atoms with Gasteiger partial charge in [0.25, 0.3) is 17.7 Å². The molecule has 1 saturated heterocycles. The van der Waals surface area contributed by atoms with Gasteiger partial charge in [0.05, 0.1) is 19.1 Å². The number of thiocarbonyl (C=S) groups is 1. The molecule has 0 spiro atoms. The lowest BCUT2D eigenvalue weighted by Crippen LogP contribution is -2.44. The summed E-state index contributed by atoms with van der Waals surface area (Å²) in [5.74, 6) is 0.380. The highest BCUT2D eigenvalue weighted by Crippen LogP contribution is 2.34. The molecule has 41 heavy (non-hydrogen) atoms. The topological polar surface area (TPSA) is 106 Å². The molecule has 0 unspecified atom stereocenters. The van der Waals surface area contributed by atoms with Crippen LogP contribution in [-0.2, 0) is 9.59 Å². The van der Waals surface area contributed by atoms with Gasteiger partial charge in [0, 0.05) is 11.3 Å². The molecule has 0 atom stereocenters. The normalized spacial score (nSPS) is 13.9. The average Bonchev–Trinajstić information content (AvgIpc) is 3.23. The Hall–Kier alpha value is -4.35. The summed E-state index contributed by atoms with van der Waals surface area (Å²) < 4.78 is 16.5. The second-order valence-corrected chi connectivity index (χ2v) is 10.9. The van der Waals surface area contributed by atoms with Crippen LogP contribution in [0.1, 0.15) is 41.3 Å². The molecule has 0 aromatic heterocycles. The van der Waals surface area contributed by atoms with Gasteiger partial charge in [-0.1, -0.05) is 49.9 Å². The fourth-order valence-corrected chi connectivity index (χ4v) is 5.14. The van der Waals surface area contributed by atoms with Crippen LogP contribution in [0.5, 0.6) is 17.2 Å². The summed E-state index contributed by atoms with van der Waals surface area (Å²) in [7, 11) is 3.02. The number of ether oxygens (including phenoxy) is 3. The predicted molar refractivity (Wildman–Crippen MR) is 163 cm³/mol. The Morgan fingerprint density at radius 3 is 2.41 bits per heavy atom. The minimum absolute atomic E-state index is 0.195. The van der Waals surface area contributed by atoms with Gasteiger partial charge in [0.2, 0.25) is 0 Å². The van der Waals surface area contributed by atoms with Crippen LogP contribution in [0, 0.1) is 0 Å². The van der Waals surface area contributed by atoms with E-state index in [9.17, 15) is 14.4 Å². The van der Waals surface area contributed by atoms with Gasteiger partial charge in [-0.2, -0.15) is 5.01 Å². The summed E-state index contributed by atoms with van der Waals surface area (Å²) in [6, 6.07) is 19.2. The van der Waals surface area contributed by atoms with Crippen LogP contribution in [0.15, 0.2) is 71.6 Å². The minimum atomic E-state index is -0.481. The SMILES string of the molecule is COc1ccc(C(=O)NN2C(=O)/C(=C/c3ccc(OCC(=O)Nc4ccccc4C(C)C)c(OC)c3)SC2=S)cc1. The van der Waals surface area contributed by atoms with E-state index in [0.717, 1.165) is 28.0 Å². The molecule has 1 aliphatic rings. The molecule has 1 fully saturated rings. The standard InChI is InChI=1S/C30H29N3O6S2/c1-18(2)22-7-5-6-8-23(22)31-27(34)17-39-24-14-9-19(15-25(24)38-4)16-26-29(36)33(30(40)41-26)32-28(35)20-10-12-21(37-3)13-11-20/h5-16,18H,17H2,1-4H3,(H,31,34)(H,32,35)/b26-16-. The predicted octanol–water partition coefficient (Wildman–Crippen LogP) is 5.39. The van der Waals surface area contributed by atoms with Crippen molar-refractivity contribution >= 4 is 57.8 Å². The van der Waals surface area contributed by atoms with Crippen molar-refractivity contribution in [2.75, 3.05) is 26.1 Å². The number of hydrogen-bond acceptors (Lipinski definition) is 8. The maximum absolute atomic E-state index is 13.0. The highest BCUT2D eigenvalue weighted by Gasteiger charge is 2.34. The molecule has 3 amide bonds. The molecule has 0 bridgehead atoms. The van der Waals surface area contributed by atoms with Gasteiger partial charge in [-0.05, 0) is 77.8 Å². The molecule has 0 saturated carbocycles. The Balaban J connectivity index is 1.40. The lowest BCUT2D eigenvalue weighted by Gasteiger charge is -2.15. The molecule has 3 aromatic rings. The van der Waals surface area contributed by atoms with E-state index in [1.807, 2.05) is 24.3 Å². The van der Waals surface area contributed by atoms with Crippen molar-refractivity contribution in [3.8, 4) is 17.2 Å². The summed E-state index contributed by atoms with van der Waals surface area (Å²) in [6.45, 7) is 3.91. The van der Waals surface area contributed by atoms with Gasteiger partial charge in [0.15, 0.2) is 22.4 Å². The van der Waals surface area contributed by atoms with Crippen LogP contribution >= 0.6 is 24.0 Å². The molecule has 1 aliphatic heterocycles. The number of para-hydroxylation sites is 1. The van der Waals surface area contributed by atoms with Crippen LogP contribution in [0.3, 0.4) is 0 Å². The van der Waals surface area contributed by atoms with Gasteiger partial charge in [0.1, 0.15) is 5.75 Å². The number of thioether (sulfide) groups is 1. The summed E-state index contributed by atoms with van der Waals surface area (Å²) in [6.07, 6.45) is 1.64. The van der Waals surface area contributed by atoms with Gasteiger partial charge >= 0.3 is 0 Å². The van der Waals surface area contributed by atoms with Gasteiger partial charge in [-0.15, -0.1) is 0 Å². The van der Waals surface area contributed by atoms with Crippen LogP contribution in [0.4, 0.5) is 5.69 Å². The summed E-state index contributed by atoms with van der Waals surface area (Å²) in [5, 5.41) is 3.94. The number of methoxy groups -OCH3 is 2. The second-order valence-electron chi connectivity index (χ2n) is 9.18. The quantitative estimate of drug-likeness (QED) is 0.239. The molecule has 2 N–H and O–H groups in total. The molecule has 0 radical (unpaired) electrons. The molecule has 0 aliphatic carbocycles. The van der Waals surface area contributed by atoms with Crippen molar-refractivity contribution in [1.82, 2.24) is 10.4 Å². The van der Waals surface area contributed by atoms with E-state index in [-0.39, 0.29) is 22.8 Å². The lowest BCUT2D eigenvalue weighted by atomic mass is 10.0. The highest BCUT2D eigenvalue weighted by molar-refractivity contribution is 8.26. The van der Waals surface area contributed by atoms with Crippen LogP contribution in [0.25, 0.3) is 6.08 Å². The first-order valence-corrected chi connectivity index (χ1v) is 13.8. The first-order valence-electron chi connectivity index (χ1n) is 12.6. The van der Waals surface area contributed by atoms with Gasteiger partial charge < -0.3 is 19.5 Å². The number of nitrogens with one attached hydrogen (secondary N) is 2. The number of carbonyl (C=O) groups excluding carboxylic acids is 3. The molecule has 9 nitrogen and oxygen atoms in total. The zero-order valence-corrected chi connectivity index (χ0v) is 24.6. The zero-order chi connectivity index (χ0) is 29.5. The summed E-state index contributed by atoms with van der Waals surface area (Å²) in [5.41, 5.74) is 5.33. The molecular weight excluding hydrogens is 562 g/mol. The van der Waals surface area contributed by atoms with E-state index in [4.69, 9.17) is 26.4 Å². The van der Waals surface area contributed by atoms with Crippen LogP contribution in [0.2, 0.25) is 0 Å². The lowest BCUT2D eigenvalue weighted by molar-refractivity contribution is -0.123. The molecule has 212 valence electrons. The Morgan fingerprint density at radius 1 is 1.00 bits per heavy atom. The number of hydrogen-bond donors (Lipinski definition) is 2. The Bertz CT molecular complexity index is 1500. The Morgan fingerprint density at radius 2 is 1.73 bits per heavy atom. The van der Waals surface area contributed by atoms with E-state index >= 15 is 0 Å². The Labute approximate surface area is 247 Å². The third-order valence-electron chi connectivity index (χ3n) is 6.06. The first-order chi connectivity index (χ1) is 19.7. The van der Waals surface area contributed by atoms with Gasteiger partial charge in [-0.25, -0.2) is 0 Å².